The Morgan fingerprint density at radius 2 is 1.93 bits per heavy atom. The van der Waals surface area contributed by atoms with E-state index in [1.54, 1.807) is 25.3 Å². The van der Waals surface area contributed by atoms with E-state index in [9.17, 15) is 14.9 Å². The van der Waals surface area contributed by atoms with Gasteiger partial charge in [-0.1, -0.05) is 18.2 Å². The fourth-order valence-corrected chi connectivity index (χ4v) is 2.70. The van der Waals surface area contributed by atoms with E-state index in [2.05, 4.69) is 10.5 Å². The molecule has 0 saturated heterocycles. The van der Waals surface area contributed by atoms with Crippen molar-refractivity contribution in [3.05, 3.63) is 88.2 Å². The number of methoxy groups -OCH3 is 1. The largest absolute Gasteiger partial charge is 0.497 e. The minimum Gasteiger partial charge on any atom is -0.497 e. The Morgan fingerprint density at radius 3 is 2.64 bits per heavy atom. The van der Waals surface area contributed by atoms with Crippen LogP contribution in [0.4, 0.5) is 5.69 Å². The van der Waals surface area contributed by atoms with Gasteiger partial charge in [0.1, 0.15) is 5.75 Å². The van der Waals surface area contributed by atoms with E-state index in [0.29, 0.717) is 5.56 Å². The minimum atomic E-state index is -0.506. The average molecular weight is 378 g/mol. The molecule has 0 aliphatic heterocycles. The van der Waals surface area contributed by atoms with Crippen LogP contribution < -0.4 is 10.2 Å². The third kappa shape index (κ3) is 4.42. The predicted octanol–water partition coefficient (Wildman–Crippen LogP) is 3.09. The van der Waals surface area contributed by atoms with Crippen LogP contribution in [0.1, 0.15) is 11.3 Å². The normalized spacial score (nSPS) is 10.8. The standard InChI is InChI=1S/C20H18N4O4/c1-28-18-10-8-16(9-11-18)23-12-4-6-17(23)14-21-22-20(25)13-15-5-2-3-7-19(15)24(26)27/h2-12,14H,13H2,1H3,(H,22,25)/b21-14+. The molecule has 8 nitrogen and oxygen atoms in total. The summed E-state index contributed by atoms with van der Waals surface area (Å²) in [7, 11) is 1.61. The van der Waals surface area contributed by atoms with E-state index in [4.69, 9.17) is 4.74 Å². The monoisotopic (exact) mass is 378 g/mol. The van der Waals surface area contributed by atoms with E-state index in [1.165, 1.54) is 12.3 Å². The first-order valence-corrected chi connectivity index (χ1v) is 8.44. The third-order valence-electron chi connectivity index (χ3n) is 4.06. The Balaban J connectivity index is 1.66. The van der Waals surface area contributed by atoms with E-state index in [1.807, 2.05) is 47.2 Å². The Kier molecular flexibility index (Phi) is 5.81. The number of hydrazone groups is 1. The van der Waals surface area contributed by atoms with Crippen molar-refractivity contribution in [3.8, 4) is 11.4 Å². The molecule has 1 amide bonds. The Hall–Kier alpha value is -3.94. The van der Waals surface area contributed by atoms with Gasteiger partial charge in [-0.3, -0.25) is 14.9 Å². The number of aromatic nitrogens is 1. The van der Waals surface area contributed by atoms with Crippen molar-refractivity contribution in [2.24, 2.45) is 5.10 Å². The molecule has 0 spiro atoms. The number of carbonyl (C=O) groups is 1. The van der Waals surface area contributed by atoms with Crippen LogP contribution >= 0.6 is 0 Å². The highest BCUT2D eigenvalue weighted by Crippen LogP contribution is 2.18. The minimum absolute atomic E-state index is 0.0880. The van der Waals surface area contributed by atoms with Crippen LogP contribution in [0, 0.1) is 10.1 Å². The molecular weight excluding hydrogens is 360 g/mol. The highest BCUT2D eigenvalue weighted by atomic mass is 16.6. The number of nitrogens with zero attached hydrogens (tertiary/aromatic N) is 3. The summed E-state index contributed by atoms with van der Waals surface area (Å²) in [6, 6.07) is 17.4. The van der Waals surface area contributed by atoms with Crippen LogP contribution in [-0.2, 0) is 11.2 Å². The van der Waals surface area contributed by atoms with Crippen LogP contribution in [0.25, 0.3) is 5.69 Å². The summed E-state index contributed by atoms with van der Waals surface area (Å²) in [5.41, 5.74) is 4.33. The first-order valence-electron chi connectivity index (χ1n) is 8.44. The zero-order valence-corrected chi connectivity index (χ0v) is 15.1. The number of nitro benzene ring substituents is 1. The molecule has 0 fully saturated rings. The number of ether oxygens (including phenoxy) is 1. The van der Waals surface area contributed by atoms with Gasteiger partial charge in [-0.2, -0.15) is 5.10 Å². The number of hydrogen-bond donors (Lipinski definition) is 1. The molecule has 0 bridgehead atoms. The van der Waals surface area contributed by atoms with Crippen molar-refractivity contribution < 1.29 is 14.5 Å². The van der Waals surface area contributed by atoms with Crippen LogP contribution in [0.2, 0.25) is 0 Å². The lowest BCUT2D eigenvalue weighted by Gasteiger charge is -2.07. The summed E-state index contributed by atoms with van der Waals surface area (Å²) < 4.78 is 7.05. The summed E-state index contributed by atoms with van der Waals surface area (Å²) in [6.45, 7) is 0. The molecule has 0 aliphatic rings. The zero-order valence-electron chi connectivity index (χ0n) is 15.1. The second kappa shape index (κ2) is 8.63. The van der Waals surface area contributed by atoms with E-state index < -0.39 is 10.8 Å². The first-order chi connectivity index (χ1) is 13.6. The molecule has 0 radical (unpaired) electrons. The van der Waals surface area contributed by atoms with Crippen LogP contribution in [0.15, 0.2) is 72.0 Å². The quantitative estimate of drug-likeness (QED) is 0.388. The van der Waals surface area contributed by atoms with Crippen LogP contribution in [0.5, 0.6) is 5.75 Å². The van der Waals surface area contributed by atoms with Gasteiger partial charge < -0.3 is 9.30 Å². The van der Waals surface area contributed by atoms with Crippen molar-refractivity contribution >= 4 is 17.8 Å². The summed E-state index contributed by atoms with van der Waals surface area (Å²) in [4.78, 5) is 22.6. The molecule has 1 N–H and O–H groups in total. The molecule has 3 rings (SSSR count). The highest BCUT2D eigenvalue weighted by molar-refractivity contribution is 5.83. The number of nitrogens with one attached hydrogen (secondary N) is 1. The number of carbonyl (C=O) groups excluding carboxylic acids is 1. The van der Waals surface area contributed by atoms with E-state index >= 15 is 0 Å². The smallest absolute Gasteiger partial charge is 0.273 e. The van der Waals surface area contributed by atoms with Gasteiger partial charge in [-0.15, -0.1) is 0 Å². The van der Waals surface area contributed by atoms with Gasteiger partial charge in [0.05, 0.1) is 30.4 Å². The Labute approximate surface area is 161 Å². The topological polar surface area (TPSA) is 98.8 Å². The lowest BCUT2D eigenvalue weighted by Crippen LogP contribution is -2.20. The van der Waals surface area contributed by atoms with Crippen LogP contribution in [-0.4, -0.2) is 28.7 Å². The summed E-state index contributed by atoms with van der Waals surface area (Å²) in [6.07, 6.45) is 3.26. The predicted molar refractivity (Wildman–Crippen MR) is 105 cm³/mol. The zero-order chi connectivity index (χ0) is 19.9. The Bertz CT molecular complexity index is 1010. The van der Waals surface area contributed by atoms with Gasteiger partial charge in [-0.25, -0.2) is 5.43 Å². The molecular formula is C20H18N4O4. The second-order valence-electron chi connectivity index (χ2n) is 5.86. The molecule has 8 heteroatoms. The van der Waals surface area contributed by atoms with Crippen molar-refractivity contribution in [2.75, 3.05) is 7.11 Å². The maximum absolute atomic E-state index is 12.1. The van der Waals surface area contributed by atoms with E-state index in [0.717, 1.165) is 17.1 Å². The average Bonchev–Trinajstić information content (AvgIpc) is 3.17. The van der Waals surface area contributed by atoms with E-state index in [-0.39, 0.29) is 12.1 Å². The molecule has 2 aromatic carbocycles. The number of para-hydroxylation sites is 1. The molecule has 1 aromatic heterocycles. The van der Waals surface area contributed by atoms with Gasteiger partial charge in [0.2, 0.25) is 5.91 Å². The molecule has 0 atom stereocenters. The third-order valence-corrected chi connectivity index (χ3v) is 4.06. The molecule has 28 heavy (non-hydrogen) atoms. The lowest BCUT2D eigenvalue weighted by molar-refractivity contribution is -0.385. The fraction of sp³-hybridized carbons (Fsp3) is 0.100. The molecule has 0 unspecified atom stereocenters. The summed E-state index contributed by atoms with van der Waals surface area (Å²) >= 11 is 0. The maximum Gasteiger partial charge on any atom is 0.273 e. The van der Waals surface area contributed by atoms with Crippen molar-refractivity contribution in [1.29, 1.82) is 0 Å². The summed E-state index contributed by atoms with van der Waals surface area (Å²) in [5, 5.41) is 15.0. The number of rotatable bonds is 7. The number of hydrogen-bond acceptors (Lipinski definition) is 5. The lowest BCUT2D eigenvalue weighted by atomic mass is 10.1. The van der Waals surface area contributed by atoms with Crippen molar-refractivity contribution in [2.45, 2.75) is 6.42 Å². The van der Waals surface area contributed by atoms with Gasteiger partial charge >= 0.3 is 0 Å². The van der Waals surface area contributed by atoms with Gasteiger partial charge in [0, 0.05) is 23.5 Å². The summed E-state index contributed by atoms with van der Waals surface area (Å²) in [5.74, 6) is 0.321. The first kappa shape index (κ1) is 18.8. The molecule has 0 saturated carbocycles. The number of amides is 1. The fourth-order valence-electron chi connectivity index (χ4n) is 2.70. The number of benzene rings is 2. The molecule has 3 aromatic rings. The maximum atomic E-state index is 12.1. The Morgan fingerprint density at radius 1 is 1.18 bits per heavy atom. The highest BCUT2D eigenvalue weighted by Gasteiger charge is 2.15. The SMILES string of the molecule is COc1ccc(-n2cccc2/C=N/NC(=O)Cc2ccccc2[N+](=O)[O-])cc1. The van der Waals surface area contributed by atoms with Crippen LogP contribution in [0.3, 0.4) is 0 Å². The molecule has 0 aliphatic carbocycles. The van der Waals surface area contributed by atoms with Gasteiger partial charge in [0.25, 0.3) is 5.69 Å². The molecule has 142 valence electrons. The van der Waals surface area contributed by atoms with Crippen molar-refractivity contribution in [3.63, 3.8) is 0 Å². The van der Waals surface area contributed by atoms with Gasteiger partial charge in [-0.05, 0) is 36.4 Å². The van der Waals surface area contributed by atoms with Crippen molar-refractivity contribution in [1.82, 2.24) is 9.99 Å². The number of nitro groups is 1. The van der Waals surface area contributed by atoms with Gasteiger partial charge in [0.15, 0.2) is 0 Å². The second-order valence-corrected chi connectivity index (χ2v) is 5.86. The molecule has 1 heterocycles.